The zero-order valence-corrected chi connectivity index (χ0v) is 14.3. The van der Waals surface area contributed by atoms with Crippen molar-refractivity contribution in [2.75, 3.05) is 12.4 Å². The number of ether oxygens (including phenoxy) is 1. The van der Waals surface area contributed by atoms with Gasteiger partial charge in [-0.25, -0.2) is 0 Å². The van der Waals surface area contributed by atoms with Gasteiger partial charge in [-0.05, 0) is 31.0 Å². The third-order valence-corrected chi connectivity index (χ3v) is 4.01. The predicted octanol–water partition coefficient (Wildman–Crippen LogP) is 4.39. The second kappa shape index (κ2) is 7.27. The summed E-state index contributed by atoms with van der Waals surface area (Å²) in [5, 5.41) is 21.3. The monoisotopic (exact) mass is 356 g/mol. The normalized spacial score (nSPS) is 10.5. The molecule has 0 radical (unpaired) electrons. The van der Waals surface area contributed by atoms with Crippen molar-refractivity contribution < 1.29 is 9.84 Å². The number of aromatic amines is 1. The summed E-state index contributed by atoms with van der Waals surface area (Å²) in [7, 11) is 1.59. The Bertz CT molecular complexity index is 891. The summed E-state index contributed by atoms with van der Waals surface area (Å²) in [6.07, 6.45) is 0. The molecule has 0 amide bonds. The van der Waals surface area contributed by atoms with Crippen molar-refractivity contribution in [3.63, 3.8) is 0 Å². The third-order valence-electron chi connectivity index (χ3n) is 3.76. The molecule has 3 N–H and O–H groups in total. The number of halogens is 1. The lowest BCUT2D eigenvalue weighted by atomic mass is 10.1. The minimum atomic E-state index is 0.0939. The lowest BCUT2D eigenvalue weighted by Gasteiger charge is -2.10. The Labute approximate surface area is 150 Å². The maximum atomic E-state index is 10.4. The van der Waals surface area contributed by atoms with Gasteiger partial charge < -0.3 is 15.2 Å². The molecule has 0 bridgehead atoms. The van der Waals surface area contributed by atoms with E-state index in [0.29, 0.717) is 34.4 Å². The van der Waals surface area contributed by atoms with Crippen molar-refractivity contribution >= 4 is 29.7 Å². The van der Waals surface area contributed by atoms with E-state index in [-0.39, 0.29) is 5.75 Å². The average molecular weight is 357 g/mol. The highest BCUT2D eigenvalue weighted by Crippen LogP contribution is 2.33. The summed E-state index contributed by atoms with van der Waals surface area (Å²) < 4.78 is 5.17. The minimum absolute atomic E-state index is 0.0939. The Morgan fingerprint density at radius 3 is 2.72 bits per heavy atom. The largest absolute Gasteiger partial charge is 0.504 e. The van der Waals surface area contributed by atoms with E-state index in [1.54, 1.807) is 37.4 Å². The Morgan fingerprint density at radius 1 is 1.28 bits per heavy atom. The van der Waals surface area contributed by atoms with Gasteiger partial charge in [-0.3, -0.25) is 10.1 Å². The molecule has 0 saturated carbocycles. The summed E-state index contributed by atoms with van der Waals surface area (Å²) in [4.78, 5) is 3.98. The summed E-state index contributed by atoms with van der Waals surface area (Å²) in [5.41, 5.74) is 3.26. The van der Waals surface area contributed by atoms with E-state index in [2.05, 4.69) is 27.2 Å². The van der Waals surface area contributed by atoms with Gasteiger partial charge in [0.05, 0.1) is 30.7 Å². The molecule has 128 valence electrons. The lowest BCUT2D eigenvalue weighted by Crippen LogP contribution is -2.00. The van der Waals surface area contributed by atoms with Gasteiger partial charge in [0, 0.05) is 16.7 Å². The molecular formula is C18H17ClN4O2. The molecular weight excluding hydrogens is 340 g/mol. The zero-order valence-electron chi connectivity index (χ0n) is 13.6. The van der Waals surface area contributed by atoms with Crippen LogP contribution in [-0.2, 0) is 6.54 Å². The van der Waals surface area contributed by atoms with Crippen LogP contribution in [-0.4, -0.2) is 29.1 Å². The van der Waals surface area contributed by atoms with Gasteiger partial charge in [0.15, 0.2) is 5.75 Å². The molecule has 0 aliphatic rings. The number of nitrogens with one attached hydrogen (secondary N) is 2. The van der Waals surface area contributed by atoms with Crippen molar-refractivity contribution in [3.8, 4) is 22.8 Å². The first-order valence-electron chi connectivity index (χ1n) is 7.53. The fraction of sp³-hybridized carbons (Fsp3) is 0.111. The highest BCUT2D eigenvalue weighted by atomic mass is 35.5. The van der Waals surface area contributed by atoms with Crippen molar-refractivity contribution in [2.24, 2.45) is 4.99 Å². The number of nitrogens with zero attached hydrogens (tertiary/aromatic N) is 2. The van der Waals surface area contributed by atoms with Crippen molar-refractivity contribution in [1.29, 1.82) is 0 Å². The number of H-pyrrole nitrogens is 1. The van der Waals surface area contributed by atoms with E-state index < -0.39 is 0 Å². The molecule has 0 aliphatic heterocycles. The van der Waals surface area contributed by atoms with Crippen molar-refractivity contribution in [2.45, 2.75) is 6.54 Å². The number of hydrogen-bond acceptors (Lipinski definition) is 5. The Balaban J connectivity index is 1.79. The van der Waals surface area contributed by atoms with Crippen LogP contribution in [0.3, 0.4) is 0 Å². The van der Waals surface area contributed by atoms with Gasteiger partial charge in [-0.1, -0.05) is 23.7 Å². The SMILES string of the molecule is C=Nc1cc(OC)ccc1NCc1[nH]nc(-c2ccc(Cl)cc2)c1O. The van der Waals surface area contributed by atoms with E-state index in [1.807, 2.05) is 12.1 Å². The first-order valence-corrected chi connectivity index (χ1v) is 7.91. The molecule has 1 aromatic heterocycles. The fourth-order valence-electron chi connectivity index (χ4n) is 2.41. The summed E-state index contributed by atoms with van der Waals surface area (Å²) >= 11 is 5.89. The van der Waals surface area contributed by atoms with Crippen molar-refractivity contribution in [1.82, 2.24) is 10.2 Å². The first-order chi connectivity index (χ1) is 12.1. The molecule has 0 spiro atoms. The van der Waals surface area contributed by atoms with E-state index in [9.17, 15) is 5.11 Å². The molecule has 3 rings (SSSR count). The molecule has 0 fully saturated rings. The Morgan fingerprint density at radius 2 is 2.04 bits per heavy atom. The van der Waals surface area contributed by atoms with E-state index in [4.69, 9.17) is 16.3 Å². The number of benzene rings is 2. The van der Waals surface area contributed by atoms with Crippen LogP contribution in [0.2, 0.25) is 5.02 Å². The van der Waals surface area contributed by atoms with Crippen LogP contribution >= 0.6 is 11.6 Å². The van der Waals surface area contributed by atoms with Crippen LogP contribution in [0.5, 0.6) is 11.5 Å². The molecule has 0 atom stereocenters. The highest BCUT2D eigenvalue weighted by molar-refractivity contribution is 6.30. The molecule has 1 heterocycles. The van der Waals surface area contributed by atoms with Crippen LogP contribution in [0.25, 0.3) is 11.3 Å². The fourth-order valence-corrected chi connectivity index (χ4v) is 2.53. The maximum absolute atomic E-state index is 10.4. The molecule has 0 aliphatic carbocycles. The molecule has 7 heteroatoms. The number of anilines is 1. The molecule has 0 unspecified atom stereocenters. The van der Waals surface area contributed by atoms with Crippen LogP contribution in [0.1, 0.15) is 5.69 Å². The molecule has 0 saturated heterocycles. The van der Waals surface area contributed by atoms with Gasteiger partial charge in [-0.2, -0.15) is 5.10 Å². The second-order valence-corrected chi connectivity index (χ2v) is 5.74. The quantitative estimate of drug-likeness (QED) is 0.572. The lowest BCUT2D eigenvalue weighted by molar-refractivity contribution is 0.415. The van der Waals surface area contributed by atoms with Gasteiger partial charge in [0.2, 0.25) is 0 Å². The third kappa shape index (κ3) is 3.59. The number of aromatic nitrogens is 2. The number of hydrogen-bond donors (Lipinski definition) is 3. The Kier molecular flexibility index (Phi) is 4.90. The number of aromatic hydroxyl groups is 1. The highest BCUT2D eigenvalue weighted by Gasteiger charge is 2.14. The molecule has 6 nitrogen and oxygen atoms in total. The number of rotatable bonds is 6. The van der Waals surface area contributed by atoms with Gasteiger partial charge in [0.25, 0.3) is 0 Å². The van der Waals surface area contributed by atoms with Crippen molar-refractivity contribution in [3.05, 3.63) is 53.2 Å². The van der Waals surface area contributed by atoms with E-state index in [0.717, 1.165) is 11.3 Å². The van der Waals surface area contributed by atoms with Crippen LogP contribution < -0.4 is 10.1 Å². The molecule has 3 aromatic rings. The van der Waals surface area contributed by atoms with Gasteiger partial charge in [0.1, 0.15) is 11.4 Å². The zero-order chi connectivity index (χ0) is 17.8. The minimum Gasteiger partial charge on any atom is -0.504 e. The topological polar surface area (TPSA) is 82.5 Å². The van der Waals surface area contributed by atoms with Crippen LogP contribution in [0, 0.1) is 0 Å². The van der Waals surface area contributed by atoms with E-state index in [1.165, 1.54) is 0 Å². The Hall–Kier alpha value is -2.99. The standard InChI is InChI=1S/C18H17ClN4O2/c1-20-15-9-13(25-2)7-8-14(15)21-10-16-18(24)17(23-22-16)11-3-5-12(19)6-4-11/h3-9,21,24H,1,10H2,2H3,(H,22,23). The summed E-state index contributed by atoms with van der Waals surface area (Å²) in [6, 6.07) is 12.6. The van der Waals surface area contributed by atoms with Crippen LogP contribution in [0.15, 0.2) is 47.5 Å². The number of aliphatic imine (C=N–C) groups is 1. The molecule has 2 aromatic carbocycles. The smallest absolute Gasteiger partial charge is 0.166 e. The van der Waals surface area contributed by atoms with Gasteiger partial charge >= 0.3 is 0 Å². The predicted molar refractivity (Wildman–Crippen MR) is 100 cm³/mol. The molecule has 25 heavy (non-hydrogen) atoms. The van der Waals surface area contributed by atoms with E-state index >= 15 is 0 Å². The second-order valence-electron chi connectivity index (χ2n) is 5.30. The summed E-state index contributed by atoms with van der Waals surface area (Å²) in [6.45, 7) is 3.91. The maximum Gasteiger partial charge on any atom is 0.166 e. The average Bonchev–Trinajstić information content (AvgIpc) is 3.01. The van der Waals surface area contributed by atoms with Crippen LogP contribution in [0.4, 0.5) is 11.4 Å². The number of methoxy groups -OCH3 is 1. The first kappa shape index (κ1) is 16.9. The van der Waals surface area contributed by atoms with Gasteiger partial charge in [-0.15, -0.1) is 0 Å². The summed E-state index contributed by atoms with van der Waals surface area (Å²) in [5.74, 6) is 0.791.